The van der Waals surface area contributed by atoms with E-state index in [4.69, 9.17) is 21.1 Å². The molecule has 1 aromatic heterocycles. The first kappa shape index (κ1) is 21.7. The summed E-state index contributed by atoms with van der Waals surface area (Å²) >= 11 is 5.97. The van der Waals surface area contributed by atoms with Crippen LogP contribution >= 0.6 is 11.6 Å². The minimum atomic E-state index is -4.41. The van der Waals surface area contributed by atoms with Crippen LogP contribution in [0.25, 0.3) is 0 Å². The Balaban J connectivity index is 1.21. The molecular weight excluding hydrogens is 457 g/mol. The molecule has 2 atom stereocenters. The predicted octanol–water partition coefficient (Wildman–Crippen LogP) is 5.69. The maximum atomic E-state index is 12.9. The molecule has 2 fully saturated rings. The number of epoxide rings is 1. The van der Waals surface area contributed by atoms with E-state index in [0.717, 1.165) is 17.7 Å². The highest BCUT2D eigenvalue weighted by Crippen LogP contribution is 2.52. The summed E-state index contributed by atoms with van der Waals surface area (Å²) in [6, 6.07) is 15.0. The third kappa shape index (κ3) is 4.28. The number of benzene rings is 2. The second-order valence-corrected chi connectivity index (χ2v) is 8.45. The molecule has 3 heterocycles. The van der Waals surface area contributed by atoms with Crippen molar-refractivity contribution in [1.29, 1.82) is 0 Å². The molecule has 2 saturated heterocycles. The Morgan fingerprint density at radius 3 is 2.42 bits per heavy atom. The smallest absolute Gasteiger partial charge is 0.416 e. The lowest BCUT2D eigenvalue weighted by atomic mass is 9.89. The highest BCUT2D eigenvalue weighted by atomic mass is 35.5. The zero-order chi connectivity index (χ0) is 23.2. The number of amides is 1. The third-order valence-electron chi connectivity index (χ3n) is 5.96. The number of nitrogens with zero attached hydrogens (tertiary/aromatic N) is 2. The molecule has 5 nitrogen and oxygen atoms in total. The standard InChI is InChI=1S/C24H18ClF3N2O3/c25-18-6-2-16(3-7-18)23-11-12-30(14-20(23)33-23)22(31)15-1-10-21(29-13-15)32-19-8-4-17(5-9-19)24(26,27)28/h1-10,13,20H,11-12,14H2. The molecule has 3 aromatic rings. The van der Waals surface area contributed by atoms with E-state index >= 15 is 0 Å². The van der Waals surface area contributed by atoms with E-state index in [9.17, 15) is 18.0 Å². The van der Waals surface area contributed by atoms with Gasteiger partial charge in [-0.05, 0) is 48.0 Å². The number of fused-ring (bicyclic) bond motifs is 1. The summed E-state index contributed by atoms with van der Waals surface area (Å²) in [5.74, 6) is 0.232. The minimum Gasteiger partial charge on any atom is -0.439 e. The monoisotopic (exact) mass is 474 g/mol. The topological polar surface area (TPSA) is 55.0 Å². The summed E-state index contributed by atoms with van der Waals surface area (Å²) in [4.78, 5) is 18.8. The molecule has 0 N–H and O–H groups in total. The number of hydrogen-bond acceptors (Lipinski definition) is 4. The number of aromatic nitrogens is 1. The first-order chi connectivity index (χ1) is 15.7. The minimum absolute atomic E-state index is 0.0633. The largest absolute Gasteiger partial charge is 0.439 e. The highest BCUT2D eigenvalue weighted by molar-refractivity contribution is 6.30. The van der Waals surface area contributed by atoms with Crippen molar-refractivity contribution in [2.45, 2.75) is 24.3 Å². The molecule has 9 heteroatoms. The quantitative estimate of drug-likeness (QED) is 0.456. The Labute approximate surface area is 192 Å². The van der Waals surface area contributed by atoms with E-state index in [1.807, 2.05) is 24.3 Å². The second-order valence-electron chi connectivity index (χ2n) is 8.01. The van der Waals surface area contributed by atoms with Gasteiger partial charge >= 0.3 is 6.18 Å². The lowest BCUT2D eigenvalue weighted by Crippen LogP contribution is -2.42. The van der Waals surface area contributed by atoms with Crippen molar-refractivity contribution in [3.8, 4) is 11.6 Å². The van der Waals surface area contributed by atoms with E-state index in [1.165, 1.54) is 24.4 Å². The molecule has 0 spiro atoms. The number of carbonyl (C=O) groups excluding carboxylic acids is 1. The Hall–Kier alpha value is -3.10. The Morgan fingerprint density at radius 2 is 1.82 bits per heavy atom. The fraction of sp³-hybridized carbons (Fsp3) is 0.250. The number of ether oxygens (including phenoxy) is 2. The summed E-state index contributed by atoms with van der Waals surface area (Å²) in [6.07, 6.45) is -2.39. The summed E-state index contributed by atoms with van der Waals surface area (Å²) < 4.78 is 49.5. The van der Waals surface area contributed by atoms with E-state index in [0.29, 0.717) is 30.1 Å². The van der Waals surface area contributed by atoms with Crippen molar-refractivity contribution in [2.75, 3.05) is 13.1 Å². The molecular formula is C24H18ClF3N2O3. The van der Waals surface area contributed by atoms with Gasteiger partial charge in [0.15, 0.2) is 0 Å². The summed E-state index contributed by atoms with van der Waals surface area (Å²) in [5, 5.41) is 0.665. The molecule has 2 aromatic carbocycles. The van der Waals surface area contributed by atoms with Gasteiger partial charge in [0.25, 0.3) is 5.91 Å². The number of halogens is 4. The van der Waals surface area contributed by atoms with Crippen molar-refractivity contribution in [3.05, 3.63) is 88.6 Å². The zero-order valence-corrected chi connectivity index (χ0v) is 17.9. The summed E-state index contributed by atoms with van der Waals surface area (Å²) in [5.41, 5.74) is 0.355. The van der Waals surface area contributed by atoms with E-state index in [1.54, 1.807) is 11.0 Å². The molecule has 1 amide bonds. The van der Waals surface area contributed by atoms with Gasteiger partial charge < -0.3 is 14.4 Å². The van der Waals surface area contributed by atoms with Crippen molar-refractivity contribution in [1.82, 2.24) is 9.88 Å². The maximum Gasteiger partial charge on any atom is 0.416 e. The van der Waals surface area contributed by atoms with Crippen LogP contribution in [0.2, 0.25) is 5.02 Å². The number of pyridine rings is 1. The highest BCUT2D eigenvalue weighted by Gasteiger charge is 2.60. The molecule has 2 aliphatic rings. The molecule has 0 saturated carbocycles. The number of likely N-dealkylation sites (tertiary alicyclic amines) is 1. The van der Waals surface area contributed by atoms with Crippen LogP contribution in [0.5, 0.6) is 11.6 Å². The van der Waals surface area contributed by atoms with Gasteiger partial charge in [-0.3, -0.25) is 4.79 Å². The van der Waals surface area contributed by atoms with Gasteiger partial charge in [-0.15, -0.1) is 0 Å². The molecule has 170 valence electrons. The average molecular weight is 475 g/mol. The second kappa shape index (κ2) is 8.04. The van der Waals surface area contributed by atoms with Gasteiger partial charge in [0.2, 0.25) is 5.88 Å². The normalized spacial score (nSPS) is 21.9. The average Bonchev–Trinajstić information content (AvgIpc) is 3.54. The van der Waals surface area contributed by atoms with Crippen molar-refractivity contribution in [2.24, 2.45) is 0 Å². The van der Waals surface area contributed by atoms with E-state index < -0.39 is 11.7 Å². The Bertz CT molecular complexity index is 1170. The van der Waals surface area contributed by atoms with Crippen molar-refractivity contribution in [3.63, 3.8) is 0 Å². The number of carbonyl (C=O) groups is 1. The fourth-order valence-electron chi connectivity index (χ4n) is 4.11. The number of piperidine rings is 1. The van der Waals surface area contributed by atoms with Crippen molar-refractivity contribution >= 4 is 17.5 Å². The van der Waals surface area contributed by atoms with Crippen LogP contribution in [0.15, 0.2) is 66.9 Å². The molecule has 2 aliphatic heterocycles. The van der Waals surface area contributed by atoms with Crippen LogP contribution in [0.1, 0.15) is 27.9 Å². The maximum absolute atomic E-state index is 12.9. The van der Waals surface area contributed by atoms with Crippen LogP contribution in [0.3, 0.4) is 0 Å². The zero-order valence-electron chi connectivity index (χ0n) is 17.2. The van der Waals surface area contributed by atoms with Gasteiger partial charge in [0.05, 0.1) is 17.7 Å². The molecule has 2 unspecified atom stereocenters. The van der Waals surface area contributed by atoms with Gasteiger partial charge in [-0.2, -0.15) is 13.2 Å². The summed E-state index contributed by atoms with van der Waals surface area (Å²) in [7, 11) is 0. The van der Waals surface area contributed by atoms with Crippen LogP contribution in [-0.2, 0) is 16.5 Å². The lowest BCUT2D eigenvalue weighted by molar-refractivity contribution is -0.137. The Kier molecular flexibility index (Phi) is 5.29. The molecule has 0 aliphatic carbocycles. The van der Waals surface area contributed by atoms with Crippen molar-refractivity contribution < 1.29 is 27.4 Å². The number of hydrogen-bond donors (Lipinski definition) is 0. The SMILES string of the molecule is O=C(c1ccc(Oc2ccc(C(F)(F)F)cc2)nc1)N1CCC2(c3ccc(Cl)cc3)OC2C1. The number of rotatable bonds is 4. The van der Waals surface area contributed by atoms with Gasteiger partial charge in [0.1, 0.15) is 17.5 Å². The third-order valence-corrected chi connectivity index (χ3v) is 6.21. The lowest BCUT2D eigenvalue weighted by Gasteiger charge is -2.28. The predicted molar refractivity (Wildman–Crippen MR) is 114 cm³/mol. The Morgan fingerprint density at radius 1 is 1.09 bits per heavy atom. The first-order valence-corrected chi connectivity index (χ1v) is 10.7. The molecule has 0 bridgehead atoms. The molecule has 33 heavy (non-hydrogen) atoms. The van der Waals surface area contributed by atoms with Gasteiger partial charge in [0, 0.05) is 30.3 Å². The van der Waals surface area contributed by atoms with Gasteiger partial charge in [-0.25, -0.2) is 4.98 Å². The molecule has 0 radical (unpaired) electrons. The number of alkyl halides is 3. The fourth-order valence-corrected chi connectivity index (χ4v) is 4.24. The molecule has 5 rings (SSSR count). The van der Waals surface area contributed by atoms with Crippen LogP contribution in [0, 0.1) is 0 Å². The first-order valence-electron chi connectivity index (χ1n) is 10.3. The van der Waals surface area contributed by atoms with Crippen LogP contribution < -0.4 is 4.74 Å². The summed E-state index contributed by atoms with van der Waals surface area (Å²) in [6.45, 7) is 1.02. The van der Waals surface area contributed by atoms with E-state index in [2.05, 4.69) is 4.98 Å². The van der Waals surface area contributed by atoms with E-state index in [-0.39, 0.29) is 29.2 Å². The van der Waals surface area contributed by atoms with Crippen LogP contribution in [0.4, 0.5) is 13.2 Å². The van der Waals surface area contributed by atoms with Gasteiger partial charge in [-0.1, -0.05) is 23.7 Å². The van der Waals surface area contributed by atoms with Crippen LogP contribution in [-0.4, -0.2) is 35.0 Å².